The van der Waals surface area contributed by atoms with Crippen LogP contribution in [0.15, 0.2) is 47.6 Å². The monoisotopic (exact) mass is 356 g/mol. The van der Waals surface area contributed by atoms with Crippen LogP contribution in [0.1, 0.15) is 12.5 Å². The van der Waals surface area contributed by atoms with Gasteiger partial charge in [-0.25, -0.2) is 4.98 Å². The third kappa shape index (κ3) is 3.53. The van der Waals surface area contributed by atoms with Crippen molar-refractivity contribution in [3.8, 4) is 6.07 Å². The van der Waals surface area contributed by atoms with E-state index < -0.39 is 0 Å². The quantitative estimate of drug-likeness (QED) is 0.686. The number of aromatic nitrogens is 2. The molecule has 1 aromatic heterocycles. The van der Waals surface area contributed by atoms with Gasteiger partial charge in [-0.3, -0.25) is 4.79 Å². The number of anilines is 1. The number of nitriles is 1. The van der Waals surface area contributed by atoms with Crippen molar-refractivity contribution in [2.75, 3.05) is 5.32 Å². The number of H-pyrrole nitrogens is 1. The Hall–Kier alpha value is -2.49. The molecule has 0 aliphatic rings. The number of nitrogens with one attached hydrogen (secondary N) is 2. The zero-order chi connectivity index (χ0) is 17.1. The number of rotatable bonds is 4. The minimum Gasteiger partial charge on any atom is -0.333 e. The molecule has 3 aromatic rings. The molecular formula is C17H13ClN4OS. The van der Waals surface area contributed by atoms with Gasteiger partial charge in [0.2, 0.25) is 5.91 Å². The highest BCUT2D eigenvalue weighted by Crippen LogP contribution is 2.25. The first kappa shape index (κ1) is 16.4. The Bertz CT molecular complexity index is 914. The Labute approximate surface area is 148 Å². The molecule has 1 heterocycles. The molecule has 0 fully saturated rings. The molecule has 0 saturated heterocycles. The number of hydrogen-bond acceptors (Lipinski definition) is 4. The first-order chi connectivity index (χ1) is 11.6. The van der Waals surface area contributed by atoms with Crippen LogP contribution in [0.3, 0.4) is 0 Å². The van der Waals surface area contributed by atoms with E-state index in [1.54, 1.807) is 25.1 Å². The second kappa shape index (κ2) is 6.95. The summed E-state index contributed by atoms with van der Waals surface area (Å²) in [5, 5.41) is 12.3. The Morgan fingerprint density at radius 1 is 1.38 bits per heavy atom. The molecule has 1 amide bonds. The number of benzene rings is 2. The summed E-state index contributed by atoms with van der Waals surface area (Å²) in [4.78, 5) is 19.9. The lowest BCUT2D eigenvalue weighted by Gasteiger charge is -2.11. The molecule has 0 radical (unpaired) electrons. The van der Waals surface area contributed by atoms with Gasteiger partial charge in [0.1, 0.15) is 6.07 Å². The van der Waals surface area contributed by atoms with E-state index in [1.165, 1.54) is 11.8 Å². The van der Waals surface area contributed by atoms with Crippen LogP contribution < -0.4 is 5.32 Å². The summed E-state index contributed by atoms with van der Waals surface area (Å²) < 4.78 is 0. The first-order valence-corrected chi connectivity index (χ1v) is 8.44. The van der Waals surface area contributed by atoms with Gasteiger partial charge in [0, 0.05) is 5.69 Å². The summed E-state index contributed by atoms with van der Waals surface area (Å²) in [6.07, 6.45) is 0. The van der Waals surface area contributed by atoms with Gasteiger partial charge >= 0.3 is 0 Å². The molecule has 0 bridgehead atoms. The smallest absolute Gasteiger partial charge is 0.237 e. The summed E-state index contributed by atoms with van der Waals surface area (Å²) in [7, 11) is 0. The Kier molecular flexibility index (Phi) is 4.74. The van der Waals surface area contributed by atoms with E-state index in [-0.39, 0.29) is 11.2 Å². The van der Waals surface area contributed by atoms with E-state index in [1.807, 2.05) is 30.3 Å². The molecule has 24 heavy (non-hydrogen) atoms. The maximum Gasteiger partial charge on any atom is 0.237 e. The number of aromatic amines is 1. The number of amides is 1. The van der Waals surface area contributed by atoms with Gasteiger partial charge in [0.25, 0.3) is 0 Å². The summed E-state index contributed by atoms with van der Waals surface area (Å²) in [6.45, 7) is 1.80. The second-order valence-electron chi connectivity index (χ2n) is 5.11. The van der Waals surface area contributed by atoms with Crippen molar-refractivity contribution in [3.63, 3.8) is 0 Å². The van der Waals surface area contributed by atoms with Crippen LogP contribution in [0.2, 0.25) is 5.02 Å². The van der Waals surface area contributed by atoms with E-state index in [0.29, 0.717) is 21.4 Å². The number of imidazole rings is 1. The molecular weight excluding hydrogens is 344 g/mol. The van der Waals surface area contributed by atoms with E-state index in [0.717, 1.165) is 11.0 Å². The number of nitrogens with zero attached hydrogens (tertiary/aromatic N) is 2. The normalized spacial score (nSPS) is 11.9. The average molecular weight is 357 g/mol. The molecule has 0 saturated carbocycles. The summed E-state index contributed by atoms with van der Waals surface area (Å²) in [5.41, 5.74) is 2.73. The van der Waals surface area contributed by atoms with Crippen molar-refractivity contribution in [1.82, 2.24) is 9.97 Å². The van der Waals surface area contributed by atoms with Crippen molar-refractivity contribution < 1.29 is 4.79 Å². The zero-order valence-corrected chi connectivity index (χ0v) is 14.3. The zero-order valence-electron chi connectivity index (χ0n) is 12.7. The number of fused-ring (bicyclic) bond motifs is 1. The highest BCUT2D eigenvalue weighted by Gasteiger charge is 2.17. The van der Waals surface area contributed by atoms with Gasteiger partial charge in [-0.2, -0.15) is 5.26 Å². The van der Waals surface area contributed by atoms with Crippen molar-refractivity contribution in [2.45, 2.75) is 17.3 Å². The Morgan fingerprint density at radius 3 is 2.88 bits per heavy atom. The van der Waals surface area contributed by atoms with Gasteiger partial charge in [0.15, 0.2) is 5.16 Å². The molecule has 5 nitrogen and oxygen atoms in total. The van der Waals surface area contributed by atoms with E-state index in [4.69, 9.17) is 16.9 Å². The number of carbonyl (C=O) groups is 1. The maximum absolute atomic E-state index is 12.3. The SMILES string of the molecule is CC(Sc1nc2ccccc2[nH]1)C(=O)Nc1ccc(C#N)c(Cl)c1. The van der Waals surface area contributed by atoms with Crippen LogP contribution in [0, 0.1) is 11.3 Å². The van der Waals surface area contributed by atoms with Crippen LogP contribution in [0.4, 0.5) is 5.69 Å². The fourth-order valence-electron chi connectivity index (χ4n) is 2.13. The average Bonchev–Trinajstić information content (AvgIpc) is 2.97. The molecule has 1 unspecified atom stereocenters. The predicted octanol–water partition coefficient (Wildman–Crippen LogP) is 4.21. The van der Waals surface area contributed by atoms with Gasteiger partial charge in [-0.05, 0) is 37.3 Å². The number of thioether (sulfide) groups is 1. The molecule has 0 aliphatic heterocycles. The summed E-state index contributed by atoms with van der Waals surface area (Å²) in [5.74, 6) is -0.166. The number of halogens is 1. The minimum absolute atomic E-state index is 0.166. The largest absolute Gasteiger partial charge is 0.333 e. The molecule has 2 aromatic carbocycles. The maximum atomic E-state index is 12.3. The number of hydrogen-bond donors (Lipinski definition) is 2. The third-order valence-corrected chi connectivity index (χ3v) is 4.68. The Balaban J connectivity index is 1.68. The second-order valence-corrected chi connectivity index (χ2v) is 6.85. The van der Waals surface area contributed by atoms with Gasteiger partial charge in [-0.15, -0.1) is 0 Å². The lowest BCUT2D eigenvalue weighted by atomic mass is 10.2. The van der Waals surface area contributed by atoms with Gasteiger partial charge in [-0.1, -0.05) is 35.5 Å². The van der Waals surface area contributed by atoms with E-state index in [9.17, 15) is 4.79 Å². The van der Waals surface area contributed by atoms with Crippen LogP contribution >= 0.6 is 23.4 Å². The number of carbonyl (C=O) groups excluding carboxylic acids is 1. The van der Waals surface area contributed by atoms with Crippen LogP contribution in [0.25, 0.3) is 11.0 Å². The van der Waals surface area contributed by atoms with Crippen LogP contribution in [-0.4, -0.2) is 21.1 Å². The lowest BCUT2D eigenvalue weighted by molar-refractivity contribution is -0.115. The van der Waals surface area contributed by atoms with Gasteiger partial charge < -0.3 is 10.3 Å². The Morgan fingerprint density at radius 2 is 2.17 bits per heavy atom. The highest BCUT2D eigenvalue weighted by molar-refractivity contribution is 8.00. The fraction of sp³-hybridized carbons (Fsp3) is 0.118. The summed E-state index contributed by atoms with van der Waals surface area (Å²) in [6, 6.07) is 14.5. The predicted molar refractivity (Wildman–Crippen MR) is 96.2 cm³/mol. The fourth-order valence-corrected chi connectivity index (χ4v) is 3.18. The summed E-state index contributed by atoms with van der Waals surface area (Å²) >= 11 is 7.32. The van der Waals surface area contributed by atoms with Crippen molar-refractivity contribution >= 4 is 46.0 Å². The van der Waals surface area contributed by atoms with Crippen molar-refractivity contribution in [1.29, 1.82) is 5.26 Å². The molecule has 1 atom stereocenters. The minimum atomic E-state index is -0.347. The van der Waals surface area contributed by atoms with E-state index in [2.05, 4.69) is 15.3 Å². The topological polar surface area (TPSA) is 81.6 Å². The molecule has 7 heteroatoms. The molecule has 0 aliphatic carbocycles. The molecule has 0 spiro atoms. The first-order valence-electron chi connectivity index (χ1n) is 7.19. The lowest BCUT2D eigenvalue weighted by Crippen LogP contribution is -2.22. The van der Waals surface area contributed by atoms with Crippen LogP contribution in [-0.2, 0) is 4.79 Å². The van der Waals surface area contributed by atoms with E-state index >= 15 is 0 Å². The van der Waals surface area contributed by atoms with Crippen LogP contribution in [0.5, 0.6) is 0 Å². The standard InChI is InChI=1S/C17H13ClN4OS/c1-10(24-17-21-14-4-2-3-5-15(14)22-17)16(23)20-12-7-6-11(9-19)13(18)8-12/h2-8,10H,1H3,(H,20,23)(H,21,22). The number of para-hydroxylation sites is 2. The third-order valence-electron chi connectivity index (χ3n) is 3.38. The molecule has 3 rings (SSSR count). The van der Waals surface area contributed by atoms with Crippen molar-refractivity contribution in [2.24, 2.45) is 0 Å². The molecule has 2 N–H and O–H groups in total. The highest BCUT2D eigenvalue weighted by atomic mass is 35.5. The molecule has 120 valence electrons. The van der Waals surface area contributed by atoms with Crippen molar-refractivity contribution in [3.05, 3.63) is 53.1 Å². The van der Waals surface area contributed by atoms with Gasteiger partial charge in [0.05, 0.1) is 26.9 Å².